The van der Waals surface area contributed by atoms with Gasteiger partial charge in [0, 0.05) is 38.8 Å². The Morgan fingerprint density at radius 1 is 1.08 bits per heavy atom. The summed E-state index contributed by atoms with van der Waals surface area (Å²) in [5, 5.41) is 0. The summed E-state index contributed by atoms with van der Waals surface area (Å²) in [7, 11) is 3.30. The average molecular weight is 380 g/mol. The van der Waals surface area contributed by atoms with Gasteiger partial charge in [-0.05, 0) is 24.6 Å². The summed E-state index contributed by atoms with van der Waals surface area (Å²) in [5.41, 5.74) is 6.80. The fourth-order valence-corrected chi connectivity index (χ4v) is 2.63. The van der Waals surface area contributed by atoms with E-state index in [0.717, 1.165) is 49.8 Å². The van der Waals surface area contributed by atoms with E-state index in [0.29, 0.717) is 0 Å². The fraction of sp³-hybridized carbons (Fsp3) is 0.562. The lowest BCUT2D eigenvalue weighted by Crippen LogP contribution is -2.52. The number of piperazine rings is 1. The second-order valence-electron chi connectivity index (χ2n) is 5.61. The van der Waals surface area contributed by atoms with E-state index in [1.54, 1.807) is 21.1 Å². The van der Waals surface area contributed by atoms with Crippen molar-refractivity contribution in [2.75, 3.05) is 40.4 Å². The highest BCUT2D eigenvalue weighted by Crippen LogP contribution is 2.23. The number of carbonyl (C=O) groups is 1. The minimum absolute atomic E-state index is 0. The number of methoxy groups -OCH3 is 2. The summed E-state index contributed by atoms with van der Waals surface area (Å²) in [6.07, 6.45) is 0. The van der Waals surface area contributed by atoms with Gasteiger partial charge in [-0.1, -0.05) is 0 Å². The molecule has 2 rings (SSSR count). The lowest BCUT2D eigenvalue weighted by atomic mass is 10.1. The van der Waals surface area contributed by atoms with Crippen LogP contribution in [-0.2, 0) is 11.3 Å². The van der Waals surface area contributed by atoms with Gasteiger partial charge in [0.05, 0.1) is 20.3 Å². The van der Waals surface area contributed by atoms with Crippen LogP contribution in [0.4, 0.5) is 0 Å². The maximum atomic E-state index is 11.9. The molecule has 1 saturated heterocycles. The van der Waals surface area contributed by atoms with Gasteiger partial charge in [-0.25, -0.2) is 0 Å². The summed E-state index contributed by atoms with van der Waals surface area (Å²) in [5.74, 6) is 1.61. The fourth-order valence-electron chi connectivity index (χ4n) is 2.63. The molecule has 1 aliphatic heterocycles. The molecule has 24 heavy (non-hydrogen) atoms. The maximum absolute atomic E-state index is 11.9. The predicted molar refractivity (Wildman–Crippen MR) is 99.5 cm³/mol. The minimum atomic E-state index is -0.422. The normalized spacial score (nSPS) is 15.8. The Morgan fingerprint density at radius 2 is 1.58 bits per heavy atom. The van der Waals surface area contributed by atoms with Crippen LogP contribution in [0.1, 0.15) is 12.5 Å². The zero-order valence-corrected chi connectivity index (χ0v) is 16.0. The van der Waals surface area contributed by atoms with Gasteiger partial charge in [-0.3, -0.25) is 9.69 Å². The lowest BCUT2D eigenvalue weighted by molar-refractivity contribution is -0.134. The van der Waals surface area contributed by atoms with Gasteiger partial charge in [0.2, 0.25) is 5.91 Å². The molecule has 0 bridgehead atoms. The molecule has 0 radical (unpaired) electrons. The number of ether oxygens (including phenoxy) is 2. The summed E-state index contributed by atoms with van der Waals surface area (Å²) >= 11 is 0. The van der Waals surface area contributed by atoms with Crippen molar-refractivity contribution < 1.29 is 14.3 Å². The van der Waals surface area contributed by atoms with E-state index in [1.807, 2.05) is 23.1 Å². The van der Waals surface area contributed by atoms with Crippen molar-refractivity contribution in [3.05, 3.63) is 23.8 Å². The van der Waals surface area contributed by atoms with Crippen LogP contribution in [0.3, 0.4) is 0 Å². The Hall–Kier alpha value is -1.21. The number of amides is 1. The van der Waals surface area contributed by atoms with E-state index in [2.05, 4.69) is 4.90 Å². The highest BCUT2D eigenvalue weighted by Gasteiger charge is 2.23. The van der Waals surface area contributed by atoms with E-state index in [-0.39, 0.29) is 30.7 Å². The molecular weight excluding hydrogens is 353 g/mol. The second-order valence-corrected chi connectivity index (χ2v) is 5.61. The highest BCUT2D eigenvalue weighted by molar-refractivity contribution is 5.85. The SMILES string of the molecule is COc1cc(CN2CCN(C(=O)[C@@H](C)N)CC2)cc(OC)c1.Cl.Cl. The molecule has 1 aromatic rings. The van der Waals surface area contributed by atoms with Gasteiger partial charge >= 0.3 is 0 Å². The summed E-state index contributed by atoms with van der Waals surface area (Å²) in [4.78, 5) is 16.0. The van der Waals surface area contributed by atoms with Crippen LogP contribution in [0, 0.1) is 0 Å². The molecule has 0 aliphatic carbocycles. The highest BCUT2D eigenvalue weighted by atomic mass is 35.5. The Morgan fingerprint density at radius 3 is 2.00 bits per heavy atom. The van der Waals surface area contributed by atoms with Gasteiger partial charge < -0.3 is 20.1 Å². The molecule has 1 aliphatic rings. The number of nitrogens with two attached hydrogens (primary N) is 1. The quantitative estimate of drug-likeness (QED) is 0.840. The second kappa shape index (κ2) is 10.6. The zero-order chi connectivity index (χ0) is 16.1. The molecular formula is C16H27Cl2N3O3. The number of halogens is 2. The van der Waals surface area contributed by atoms with Crippen LogP contribution in [0.5, 0.6) is 11.5 Å². The number of hydrogen-bond donors (Lipinski definition) is 1. The van der Waals surface area contributed by atoms with Gasteiger partial charge in [0.15, 0.2) is 0 Å². The van der Waals surface area contributed by atoms with Crippen molar-refractivity contribution in [2.24, 2.45) is 5.73 Å². The average Bonchev–Trinajstić information content (AvgIpc) is 2.54. The van der Waals surface area contributed by atoms with Gasteiger partial charge in [0.1, 0.15) is 11.5 Å². The topological polar surface area (TPSA) is 68.0 Å². The third kappa shape index (κ3) is 6.02. The molecule has 6 nitrogen and oxygen atoms in total. The Bertz CT molecular complexity index is 499. The number of hydrogen-bond acceptors (Lipinski definition) is 5. The Labute approximate surface area is 156 Å². The van der Waals surface area contributed by atoms with Crippen molar-refractivity contribution >= 4 is 30.7 Å². The number of nitrogens with zero attached hydrogens (tertiary/aromatic N) is 2. The van der Waals surface area contributed by atoms with Crippen LogP contribution >= 0.6 is 24.8 Å². The summed E-state index contributed by atoms with van der Waals surface area (Å²) in [6, 6.07) is 5.47. The van der Waals surface area contributed by atoms with Crippen LogP contribution < -0.4 is 15.2 Å². The summed E-state index contributed by atoms with van der Waals surface area (Å²) < 4.78 is 10.6. The largest absolute Gasteiger partial charge is 0.497 e. The molecule has 1 aromatic carbocycles. The van der Waals surface area contributed by atoms with Gasteiger partial charge in [-0.2, -0.15) is 0 Å². The molecule has 1 heterocycles. The van der Waals surface area contributed by atoms with Crippen molar-refractivity contribution in [3.63, 3.8) is 0 Å². The molecule has 1 atom stereocenters. The molecule has 0 saturated carbocycles. The third-order valence-corrected chi connectivity index (χ3v) is 3.89. The van der Waals surface area contributed by atoms with Crippen LogP contribution in [0.15, 0.2) is 18.2 Å². The smallest absolute Gasteiger partial charge is 0.239 e. The summed E-state index contributed by atoms with van der Waals surface area (Å²) in [6.45, 7) is 5.68. The monoisotopic (exact) mass is 379 g/mol. The minimum Gasteiger partial charge on any atom is -0.497 e. The molecule has 8 heteroatoms. The molecule has 0 unspecified atom stereocenters. The molecule has 138 valence electrons. The van der Waals surface area contributed by atoms with Gasteiger partial charge in [-0.15, -0.1) is 24.8 Å². The standard InChI is InChI=1S/C16H25N3O3.2ClH/c1-12(17)16(20)19-6-4-18(5-7-19)11-13-8-14(21-2)10-15(9-13)22-3;;/h8-10,12H,4-7,11,17H2,1-3H3;2*1H/t12-;;/m1../s1. The zero-order valence-electron chi connectivity index (χ0n) is 14.4. The number of carbonyl (C=O) groups excluding carboxylic acids is 1. The van der Waals surface area contributed by atoms with E-state index in [4.69, 9.17) is 15.2 Å². The maximum Gasteiger partial charge on any atom is 0.239 e. The Balaban J connectivity index is 0.00000264. The molecule has 1 fully saturated rings. The van der Waals surface area contributed by atoms with Crippen molar-refractivity contribution in [1.82, 2.24) is 9.80 Å². The van der Waals surface area contributed by atoms with E-state index < -0.39 is 6.04 Å². The van der Waals surface area contributed by atoms with Crippen molar-refractivity contribution in [2.45, 2.75) is 19.5 Å². The van der Waals surface area contributed by atoms with E-state index >= 15 is 0 Å². The van der Waals surface area contributed by atoms with Crippen LogP contribution in [0.2, 0.25) is 0 Å². The molecule has 0 aromatic heterocycles. The molecule has 1 amide bonds. The third-order valence-electron chi connectivity index (χ3n) is 3.89. The van der Waals surface area contributed by atoms with Crippen molar-refractivity contribution in [3.8, 4) is 11.5 Å². The lowest BCUT2D eigenvalue weighted by Gasteiger charge is -2.35. The Kier molecular flexibility index (Phi) is 10.1. The van der Waals surface area contributed by atoms with Gasteiger partial charge in [0.25, 0.3) is 0 Å². The van der Waals surface area contributed by atoms with Crippen LogP contribution in [0.25, 0.3) is 0 Å². The first-order valence-electron chi connectivity index (χ1n) is 7.52. The first kappa shape index (κ1) is 22.8. The first-order valence-corrected chi connectivity index (χ1v) is 7.52. The molecule has 0 spiro atoms. The molecule has 2 N–H and O–H groups in total. The van der Waals surface area contributed by atoms with Crippen molar-refractivity contribution in [1.29, 1.82) is 0 Å². The number of rotatable bonds is 5. The van der Waals surface area contributed by atoms with E-state index in [9.17, 15) is 4.79 Å². The van der Waals surface area contributed by atoms with E-state index in [1.165, 1.54) is 0 Å². The predicted octanol–water partition coefficient (Wildman–Crippen LogP) is 1.54. The first-order chi connectivity index (χ1) is 10.5. The number of benzene rings is 1. The van der Waals surface area contributed by atoms with Crippen LogP contribution in [-0.4, -0.2) is 62.1 Å².